The largest absolute Gasteiger partial charge is 0.475 e. The standard InChI is InChI=1S/C35H45F2N7O8S/c1-2-23-31(40-25-9-6-5-8-24(25)38-23)52-21-16-28-30(46)41-35(33(48)43-53(49,50)22-11-12-22)18-20(35)17-34(36,37)14-7-3-4-10-27(32(47)44(28)19-21)39-29(45)26-13-15-51-42-26/h5-6,8-9,13,15,20-25,27-28,38H,2-4,7,10-12,14,16-19H2,1H3,(H,39,45)(H,41,46)(H,43,48)/t20-,21-,23?,24?,25?,27+,28+,35-/m1/s1. The number of alkyl halides is 2. The normalized spacial score (nSPS) is 34.3. The molecule has 288 valence electrons. The minimum Gasteiger partial charge on any atom is -0.475 e. The average Bonchev–Trinajstić information content (AvgIpc) is 3.97. The van der Waals surface area contributed by atoms with Crippen LogP contribution in [-0.4, -0.2) is 108 Å². The Kier molecular flexibility index (Phi) is 10.2. The summed E-state index contributed by atoms with van der Waals surface area (Å²) < 4.78 is 69.5. The Labute approximate surface area is 305 Å². The quantitative estimate of drug-likeness (QED) is 0.318. The molecule has 0 bridgehead atoms. The molecule has 4 fully saturated rings. The Hall–Kier alpha value is -4.19. The molecule has 4 N–H and O–H groups in total. The molecule has 1 aromatic heterocycles. The van der Waals surface area contributed by atoms with Crippen molar-refractivity contribution in [2.45, 2.75) is 131 Å². The van der Waals surface area contributed by atoms with Gasteiger partial charge < -0.3 is 24.8 Å². The smallest absolute Gasteiger partial charge is 0.274 e. The van der Waals surface area contributed by atoms with Gasteiger partial charge in [-0.15, -0.1) is 0 Å². The zero-order chi connectivity index (χ0) is 37.5. The topological polar surface area (TPSA) is 201 Å². The number of fused-ring (bicyclic) bond motifs is 3. The highest BCUT2D eigenvalue weighted by atomic mass is 32.2. The fourth-order valence-corrected chi connectivity index (χ4v) is 9.17. The Morgan fingerprint density at radius 2 is 1.91 bits per heavy atom. The fraction of sp³-hybridized carbons (Fsp3) is 0.657. The molecule has 2 saturated heterocycles. The number of nitrogens with zero attached hydrogens (tertiary/aromatic N) is 3. The molecule has 6 aliphatic rings. The third-order valence-electron chi connectivity index (χ3n) is 11.0. The van der Waals surface area contributed by atoms with Gasteiger partial charge in [-0.05, 0) is 44.4 Å². The molecule has 1 aromatic rings. The minimum absolute atomic E-state index is 0.0247. The van der Waals surface area contributed by atoms with E-state index in [1.165, 1.54) is 17.2 Å². The van der Waals surface area contributed by atoms with Crippen LogP contribution in [0.1, 0.15) is 88.0 Å². The number of ether oxygens (including phenoxy) is 1. The molecule has 53 heavy (non-hydrogen) atoms. The average molecular weight is 762 g/mol. The van der Waals surface area contributed by atoms with E-state index in [1.807, 2.05) is 35.9 Å². The highest BCUT2D eigenvalue weighted by molar-refractivity contribution is 7.91. The first-order chi connectivity index (χ1) is 25.3. The third kappa shape index (κ3) is 8.03. The first kappa shape index (κ1) is 37.1. The van der Waals surface area contributed by atoms with Crippen molar-refractivity contribution < 1.29 is 45.6 Å². The van der Waals surface area contributed by atoms with Gasteiger partial charge in [-0.3, -0.25) is 29.2 Å². The maximum atomic E-state index is 15.3. The summed E-state index contributed by atoms with van der Waals surface area (Å²) in [5.74, 6) is -7.01. The highest BCUT2D eigenvalue weighted by Crippen LogP contribution is 2.51. The fourth-order valence-electron chi connectivity index (χ4n) is 7.80. The number of hydrogen-bond donors (Lipinski definition) is 4. The summed E-state index contributed by atoms with van der Waals surface area (Å²) in [6.07, 6.45) is 8.99. The molecule has 3 unspecified atom stereocenters. The number of halogens is 2. The Bertz CT molecular complexity index is 1800. The molecule has 3 aliphatic carbocycles. The second-order valence-electron chi connectivity index (χ2n) is 15.0. The molecule has 15 nitrogen and oxygen atoms in total. The number of sulfonamides is 1. The van der Waals surface area contributed by atoms with Crippen LogP contribution in [0.5, 0.6) is 0 Å². The molecular weight excluding hydrogens is 716 g/mol. The van der Waals surface area contributed by atoms with Gasteiger partial charge in [0.05, 0.1) is 29.9 Å². The van der Waals surface area contributed by atoms with Crippen LogP contribution in [0, 0.1) is 5.92 Å². The van der Waals surface area contributed by atoms with Gasteiger partial charge in [-0.25, -0.2) is 22.2 Å². The number of carbonyl (C=O) groups is 4. The number of amides is 4. The number of carbonyl (C=O) groups excluding carboxylic acids is 4. The van der Waals surface area contributed by atoms with Crippen molar-refractivity contribution in [3.05, 3.63) is 42.3 Å². The van der Waals surface area contributed by atoms with Crippen molar-refractivity contribution in [3.8, 4) is 0 Å². The van der Waals surface area contributed by atoms with Crippen molar-refractivity contribution in [3.63, 3.8) is 0 Å². The summed E-state index contributed by atoms with van der Waals surface area (Å²) in [6, 6.07) is -1.58. The van der Waals surface area contributed by atoms with Crippen LogP contribution in [0.2, 0.25) is 0 Å². The van der Waals surface area contributed by atoms with Crippen molar-refractivity contribution in [1.82, 2.24) is 30.7 Å². The summed E-state index contributed by atoms with van der Waals surface area (Å²) >= 11 is 0. The van der Waals surface area contributed by atoms with Crippen molar-refractivity contribution in [2.75, 3.05) is 6.54 Å². The van der Waals surface area contributed by atoms with E-state index in [-0.39, 0.29) is 56.0 Å². The van der Waals surface area contributed by atoms with Crippen LogP contribution >= 0.6 is 0 Å². The second-order valence-corrected chi connectivity index (χ2v) is 16.9. The maximum absolute atomic E-state index is 15.3. The number of aromatic nitrogens is 1. The van der Waals surface area contributed by atoms with Gasteiger partial charge in [0.1, 0.15) is 30.0 Å². The molecule has 18 heteroatoms. The summed E-state index contributed by atoms with van der Waals surface area (Å²) in [4.78, 5) is 61.6. The first-order valence-corrected chi connectivity index (χ1v) is 20.0. The molecule has 4 amide bonds. The summed E-state index contributed by atoms with van der Waals surface area (Å²) in [5.41, 5.74) is -1.99. The monoisotopic (exact) mass is 761 g/mol. The number of nitrogens with one attached hydrogen (secondary N) is 4. The summed E-state index contributed by atoms with van der Waals surface area (Å²) in [6.45, 7) is 1.89. The Balaban J connectivity index is 1.19. The predicted octanol–water partition coefficient (Wildman–Crippen LogP) is 1.88. The first-order valence-electron chi connectivity index (χ1n) is 18.4. The lowest BCUT2D eigenvalue weighted by atomic mass is 9.99. The van der Waals surface area contributed by atoms with E-state index in [9.17, 15) is 27.6 Å². The van der Waals surface area contributed by atoms with E-state index >= 15 is 8.78 Å². The van der Waals surface area contributed by atoms with Gasteiger partial charge in [0.15, 0.2) is 5.69 Å². The molecule has 0 aromatic carbocycles. The van der Waals surface area contributed by atoms with Crippen LogP contribution in [-0.2, 0) is 29.1 Å². The van der Waals surface area contributed by atoms with Crippen molar-refractivity contribution in [2.24, 2.45) is 10.9 Å². The van der Waals surface area contributed by atoms with E-state index in [0.717, 1.165) is 0 Å². The molecule has 4 heterocycles. The molecule has 0 spiro atoms. The lowest BCUT2D eigenvalue weighted by molar-refractivity contribution is -0.141. The van der Waals surface area contributed by atoms with Crippen molar-refractivity contribution >= 4 is 39.5 Å². The van der Waals surface area contributed by atoms with Gasteiger partial charge in [0.25, 0.3) is 11.8 Å². The van der Waals surface area contributed by atoms with E-state index < -0.39 is 87.3 Å². The molecule has 7 rings (SSSR count). The minimum atomic E-state index is -4.07. The summed E-state index contributed by atoms with van der Waals surface area (Å²) in [7, 11) is -4.07. The molecular formula is C35H45F2N7O8S. The zero-order valence-electron chi connectivity index (χ0n) is 29.3. The SMILES string of the molecule is CCC1NC2C=CC=CC2N=C1O[C@@H]1C[C@H]2C(=O)N[C@]3(C(=O)NS(=O)(=O)C4CC4)C[C@H]3CC(F)(F)CCCCC[C@H](NC(=O)c3ccon3)C(=O)N2C1. The van der Waals surface area contributed by atoms with E-state index in [1.54, 1.807) is 0 Å². The van der Waals surface area contributed by atoms with E-state index in [4.69, 9.17) is 14.3 Å². The predicted molar refractivity (Wildman–Crippen MR) is 185 cm³/mol. The number of aliphatic imine (C=N–C) groups is 1. The third-order valence-corrected chi connectivity index (χ3v) is 12.8. The van der Waals surface area contributed by atoms with Crippen LogP contribution in [0.25, 0.3) is 0 Å². The van der Waals surface area contributed by atoms with Gasteiger partial charge in [0, 0.05) is 25.3 Å². The van der Waals surface area contributed by atoms with Gasteiger partial charge in [0.2, 0.25) is 33.7 Å². The highest BCUT2D eigenvalue weighted by Gasteiger charge is 2.65. The van der Waals surface area contributed by atoms with Crippen LogP contribution in [0.15, 0.2) is 46.1 Å². The van der Waals surface area contributed by atoms with Crippen molar-refractivity contribution in [1.29, 1.82) is 0 Å². The lowest BCUT2D eigenvalue weighted by Crippen LogP contribution is -2.58. The second kappa shape index (κ2) is 14.6. The molecule has 3 aliphatic heterocycles. The summed E-state index contributed by atoms with van der Waals surface area (Å²) in [5, 5.41) is 11.7. The lowest BCUT2D eigenvalue weighted by Gasteiger charge is -2.34. The van der Waals surface area contributed by atoms with Gasteiger partial charge in [-0.1, -0.05) is 49.2 Å². The van der Waals surface area contributed by atoms with Crippen LogP contribution in [0.3, 0.4) is 0 Å². The maximum Gasteiger partial charge on any atom is 0.274 e. The zero-order valence-corrected chi connectivity index (χ0v) is 30.2. The van der Waals surface area contributed by atoms with Crippen LogP contribution < -0.4 is 20.7 Å². The Morgan fingerprint density at radius 3 is 2.64 bits per heavy atom. The van der Waals surface area contributed by atoms with Crippen LogP contribution in [0.4, 0.5) is 8.78 Å². The molecule has 8 atom stereocenters. The number of hydrogen-bond acceptors (Lipinski definition) is 11. The van der Waals surface area contributed by atoms with Gasteiger partial charge >= 0.3 is 0 Å². The Morgan fingerprint density at radius 1 is 1.11 bits per heavy atom. The van der Waals surface area contributed by atoms with E-state index in [2.05, 4.69) is 21.1 Å². The number of rotatable bonds is 7. The molecule has 0 radical (unpaired) electrons. The number of allylic oxidation sites excluding steroid dienone is 2. The molecule has 2 saturated carbocycles. The van der Waals surface area contributed by atoms with E-state index in [0.29, 0.717) is 38.0 Å². The van der Waals surface area contributed by atoms with Gasteiger partial charge in [-0.2, -0.15) is 0 Å².